The average molecular weight is 459 g/mol. The molecule has 0 aliphatic rings. The van der Waals surface area contributed by atoms with Gasteiger partial charge in [0.2, 0.25) is 5.89 Å². The molecule has 8 heteroatoms. The van der Waals surface area contributed by atoms with Crippen LogP contribution in [0.4, 0.5) is 0 Å². The van der Waals surface area contributed by atoms with Gasteiger partial charge in [0, 0.05) is 46.1 Å². The number of pyridine rings is 1. The first-order valence-corrected chi connectivity index (χ1v) is 10.6. The topological polar surface area (TPSA) is 83.0 Å². The highest BCUT2D eigenvalue weighted by molar-refractivity contribution is 6.30. The predicted molar refractivity (Wildman–Crippen MR) is 125 cm³/mol. The molecule has 0 N–H and O–H groups in total. The van der Waals surface area contributed by atoms with Crippen LogP contribution in [0.15, 0.2) is 71.4 Å². The Morgan fingerprint density at radius 3 is 2.55 bits per heavy atom. The van der Waals surface area contributed by atoms with Gasteiger partial charge in [-0.3, -0.25) is 9.78 Å². The van der Waals surface area contributed by atoms with E-state index in [1.165, 1.54) is 0 Å². The fraction of sp³-hybridized carbons (Fsp3) is 0.120. The van der Waals surface area contributed by atoms with Crippen molar-refractivity contribution in [2.75, 3.05) is 7.11 Å². The molecule has 0 saturated heterocycles. The van der Waals surface area contributed by atoms with Crippen molar-refractivity contribution in [3.05, 3.63) is 94.7 Å². The summed E-state index contributed by atoms with van der Waals surface area (Å²) in [6.07, 6.45) is 3.25. The number of benzene rings is 2. The molecule has 0 fully saturated rings. The van der Waals surface area contributed by atoms with Gasteiger partial charge in [-0.05, 0) is 55.0 Å². The standard InChI is InChI=1S/C25H19ClN4O3/c1-15-22(23(31)25-29-28-24(33-25)17-9-11-27-12-10-17)20-13-19(32-2)7-8-21(20)30(15)14-16-3-5-18(26)6-4-16/h3-13H,14H2,1-2H3. The Hall–Kier alpha value is -3.97. The number of ketones is 1. The first kappa shape index (κ1) is 20.9. The lowest BCUT2D eigenvalue weighted by molar-refractivity contribution is 0.100. The van der Waals surface area contributed by atoms with Gasteiger partial charge in [0.25, 0.3) is 11.7 Å². The maximum atomic E-state index is 13.6. The lowest BCUT2D eigenvalue weighted by Gasteiger charge is -2.09. The lowest BCUT2D eigenvalue weighted by Crippen LogP contribution is -2.06. The number of carbonyl (C=O) groups excluding carboxylic acids is 1. The molecule has 33 heavy (non-hydrogen) atoms. The fourth-order valence-electron chi connectivity index (χ4n) is 3.88. The van der Waals surface area contributed by atoms with E-state index in [9.17, 15) is 4.79 Å². The zero-order chi connectivity index (χ0) is 22.9. The Morgan fingerprint density at radius 1 is 1.06 bits per heavy atom. The number of aromatic nitrogens is 4. The summed E-state index contributed by atoms with van der Waals surface area (Å²) >= 11 is 6.04. The summed E-state index contributed by atoms with van der Waals surface area (Å²) in [6.45, 7) is 2.49. The SMILES string of the molecule is COc1ccc2c(c1)c(C(=O)c1nnc(-c3ccncc3)o1)c(C)n2Cc1ccc(Cl)cc1. The molecule has 7 nitrogen and oxygen atoms in total. The number of hydrogen-bond acceptors (Lipinski definition) is 6. The summed E-state index contributed by atoms with van der Waals surface area (Å²) in [5.41, 5.74) is 3.96. The quantitative estimate of drug-likeness (QED) is 0.319. The van der Waals surface area contributed by atoms with E-state index in [0.717, 1.165) is 22.2 Å². The second-order valence-corrected chi connectivity index (χ2v) is 7.97. The van der Waals surface area contributed by atoms with E-state index in [1.807, 2.05) is 49.4 Å². The second-order valence-electron chi connectivity index (χ2n) is 7.53. The Balaban J connectivity index is 1.61. The minimum absolute atomic E-state index is 0.0710. The van der Waals surface area contributed by atoms with Crippen LogP contribution in [0.3, 0.4) is 0 Å². The van der Waals surface area contributed by atoms with Crippen molar-refractivity contribution in [1.82, 2.24) is 19.7 Å². The van der Waals surface area contributed by atoms with Crippen LogP contribution in [-0.4, -0.2) is 32.6 Å². The number of rotatable bonds is 6. The molecular formula is C25H19ClN4O3. The van der Waals surface area contributed by atoms with Crippen LogP contribution in [0.1, 0.15) is 27.5 Å². The number of carbonyl (C=O) groups is 1. The molecule has 5 rings (SSSR count). The third kappa shape index (κ3) is 3.87. The van der Waals surface area contributed by atoms with Crippen LogP contribution < -0.4 is 4.74 Å². The van der Waals surface area contributed by atoms with Gasteiger partial charge in [0.05, 0.1) is 12.7 Å². The summed E-state index contributed by atoms with van der Waals surface area (Å²) in [4.78, 5) is 17.5. The molecular weight excluding hydrogens is 440 g/mol. The molecule has 3 heterocycles. The van der Waals surface area contributed by atoms with Crippen LogP contribution in [0, 0.1) is 6.92 Å². The van der Waals surface area contributed by atoms with Gasteiger partial charge in [-0.25, -0.2) is 0 Å². The largest absolute Gasteiger partial charge is 0.497 e. The molecule has 5 aromatic rings. The Labute approximate surface area is 194 Å². The van der Waals surface area contributed by atoms with Crippen LogP contribution in [0.5, 0.6) is 5.75 Å². The minimum atomic E-state index is -0.339. The maximum Gasteiger partial charge on any atom is 0.289 e. The molecule has 3 aromatic heterocycles. The molecule has 164 valence electrons. The summed E-state index contributed by atoms with van der Waals surface area (Å²) in [7, 11) is 1.60. The number of hydrogen-bond donors (Lipinski definition) is 0. The van der Waals surface area contributed by atoms with Crippen LogP contribution in [0.25, 0.3) is 22.4 Å². The van der Waals surface area contributed by atoms with Gasteiger partial charge < -0.3 is 13.7 Å². The van der Waals surface area contributed by atoms with Crippen molar-refractivity contribution in [1.29, 1.82) is 0 Å². The van der Waals surface area contributed by atoms with Crippen molar-refractivity contribution >= 4 is 28.3 Å². The Bertz CT molecular complexity index is 1460. The zero-order valence-corrected chi connectivity index (χ0v) is 18.7. The Morgan fingerprint density at radius 2 is 1.82 bits per heavy atom. The van der Waals surface area contributed by atoms with E-state index in [2.05, 4.69) is 19.7 Å². The number of ether oxygens (including phenoxy) is 1. The molecule has 0 radical (unpaired) electrons. The maximum absolute atomic E-state index is 13.6. The van der Waals surface area contributed by atoms with Crippen LogP contribution in [-0.2, 0) is 6.54 Å². The van der Waals surface area contributed by atoms with Crippen molar-refractivity contribution < 1.29 is 13.9 Å². The van der Waals surface area contributed by atoms with E-state index in [-0.39, 0.29) is 17.6 Å². The summed E-state index contributed by atoms with van der Waals surface area (Å²) in [5, 5.41) is 9.51. The van der Waals surface area contributed by atoms with Gasteiger partial charge in [-0.15, -0.1) is 10.2 Å². The van der Waals surface area contributed by atoms with Gasteiger partial charge in [-0.1, -0.05) is 23.7 Å². The monoisotopic (exact) mass is 458 g/mol. The first-order chi connectivity index (χ1) is 16.0. The number of fused-ring (bicyclic) bond motifs is 1. The van der Waals surface area contributed by atoms with Crippen LogP contribution in [0.2, 0.25) is 5.02 Å². The van der Waals surface area contributed by atoms with Crippen molar-refractivity contribution in [3.8, 4) is 17.2 Å². The average Bonchev–Trinajstić information content (AvgIpc) is 3.44. The van der Waals surface area contributed by atoms with Gasteiger partial charge >= 0.3 is 0 Å². The van der Waals surface area contributed by atoms with E-state index in [1.54, 1.807) is 31.6 Å². The summed E-state index contributed by atoms with van der Waals surface area (Å²) in [5.74, 6) is 0.510. The molecule has 0 atom stereocenters. The van der Waals surface area contributed by atoms with Gasteiger partial charge in [0.15, 0.2) is 0 Å². The third-order valence-electron chi connectivity index (χ3n) is 5.56. The minimum Gasteiger partial charge on any atom is -0.497 e. The highest BCUT2D eigenvalue weighted by atomic mass is 35.5. The predicted octanol–water partition coefficient (Wildman–Crippen LogP) is 5.34. The fourth-order valence-corrected chi connectivity index (χ4v) is 4.01. The zero-order valence-electron chi connectivity index (χ0n) is 17.9. The molecule has 0 saturated carbocycles. The van der Waals surface area contributed by atoms with Gasteiger partial charge in [0.1, 0.15) is 5.75 Å². The lowest BCUT2D eigenvalue weighted by atomic mass is 10.1. The van der Waals surface area contributed by atoms with Gasteiger partial charge in [-0.2, -0.15) is 0 Å². The van der Waals surface area contributed by atoms with E-state index >= 15 is 0 Å². The Kier molecular flexibility index (Phi) is 5.40. The third-order valence-corrected chi connectivity index (χ3v) is 5.81. The molecule has 0 spiro atoms. The summed E-state index contributed by atoms with van der Waals surface area (Å²) < 4.78 is 13.2. The highest BCUT2D eigenvalue weighted by Gasteiger charge is 2.26. The second kappa shape index (κ2) is 8.52. The van der Waals surface area contributed by atoms with E-state index in [4.69, 9.17) is 20.8 Å². The molecule has 0 bridgehead atoms. The van der Waals surface area contributed by atoms with E-state index < -0.39 is 0 Å². The van der Waals surface area contributed by atoms with Crippen molar-refractivity contribution in [3.63, 3.8) is 0 Å². The normalized spacial score (nSPS) is 11.1. The highest BCUT2D eigenvalue weighted by Crippen LogP contribution is 2.32. The smallest absolute Gasteiger partial charge is 0.289 e. The number of nitrogens with zero attached hydrogens (tertiary/aromatic N) is 4. The molecule has 0 amide bonds. The van der Waals surface area contributed by atoms with E-state index in [0.29, 0.717) is 28.4 Å². The molecule has 0 unspecified atom stereocenters. The van der Waals surface area contributed by atoms with Crippen molar-refractivity contribution in [2.24, 2.45) is 0 Å². The number of halogens is 1. The summed E-state index contributed by atoms with van der Waals surface area (Å²) in [6, 6.07) is 16.8. The molecule has 0 aliphatic heterocycles. The van der Waals surface area contributed by atoms with Crippen molar-refractivity contribution in [2.45, 2.75) is 13.5 Å². The number of methoxy groups -OCH3 is 1. The molecule has 0 aliphatic carbocycles. The first-order valence-electron chi connectivity index (χ1n) is 10.2. The van der Waals surface area contributed by atoms with Crippen LogP contribution >= 0.6 is 11.6 Å². The molecule has 2 aromatic carbocycles.